The molecule has 2 heterocycles. The molecule has 2 fully saturated rings. The number of hydrogen-bond acceptors (Lipinski definition) is 3. The molecule has 2 aliphatic heterocycles. The van der Waals surface area contributed by atoms with Gasteiger partial charge in [-0.25, -0.2) is 0 Å². The molecular weight excluding hydrogens is 266 g/mol. The number of anilines is 1. The van der Waals surface area contributed by atoms with E-state index in [-0.39, 0.29) is 17.9 Å². The highest BCUT2D eigenvalue weighted by Gasteiger charge is 2.38. The molecule has 1 aromatic rings. The summed E-state index contributed by atoms with van der Waals surface area (Å²) in [6, 6.07) is 8.27. The van der Waals surface area contributed by atoms with E-state index in [2.05, 4.69) is 15.5 Å². The minimum Gasteiger partial charge on any atom is -0.354 e. The fourth-order valence-corrected chi connectivity index (χ4v) is 3.30. The minimum atomic E-state index is -0.00412. The fourth-order valence-electron chi connectivity index (χ4n) is 3.30. The summed E-state index contributed by atoms with van der Waals surface area (Å²) in [5.74, 6) is 0.0991. The third kappa shape index (κ3) is 3.08. The Morgan fingerprint density at radius 2 is 2.10 bits per heavy atom. The van der Waals surface area contributed by atoms with Crippen LogP contribution in [0.5, 0.6) is 0 Å². The molecule has 2 aliphatic rings. The molecule has 2 bridgehead atoms. The first kappa shape index (κ1) is 14.1. The van der Waals surface area contributed by atoms with E-state index in [1.807, 2.05) is 31.2 Å². The summed E-state index contributed by atoms with van der Waals surface area (Å²) < 4.78 is 0. The Bertz CT molecular complexity index is 558. The maximum Gasteiger partial charge on any atom is 0.238 e. The van der Waals surface area contributed by atoms with Crippen LogP contribution in [0.1, 0.15) is 24.8 Å². The van der Waals surface area contributed by atoms with Crippen molar-refractivity contribution in [2.45, 2.75) is 38.3 Å². The predicted molar refractivity (Wildman–Crippen MR) is 81.0 cm³/mol. The van der Waals surface area contributed by atoms with E-state index in [0.717, 1.165) is 24.1 Å². The largest absolute Gasteiger partial charge is 0.354 e. The summed E-state index contributed by atoms with van der Waals surface area (Å²) in [7, 11) is 0. The van der Waals surface area contributed by atoms with E-state index >= 15 is 0 Å². The molecule has 0 radical (unpaired) electrons. The van der Waals surface area contributed by atoms with Crippen molar-refractivity contribution < 1.29 is 9.59 Å². The third-order valence-electron chi connectivity index (χ3n) is 4.47. The van der Waals surface area contributed by atoms with E-state index in [0.29, 0.717) is 25.6 Å². The lowest BCUT2D eigenvalue weighted by Crippen LogP contribution is -2.42. The summed E-state index contributed by atoms with van der Waals surface area (Å²) in [4.78, 5) is 26.1. The Hall–Kier alpha value is -1.88. The Morgan fingerprint density at radius 1 is 1.33 bits per heavy atom. The van der Waals surface area contributed by atoms with Crippen molar-refractivity contribution in [2.24, 2.45) is 0 Å². The van der Waals surface area contributed by atoms with E-state index < -0.39 is 0 Å². The Kier molecular flexibility index (Phi) is 3.92. The van der Waals surface area contributed by atoms with Gasteiger partial charge in [-0.05, 0) is 31.4 Å². The molecule has 5 nitrogen and oxygen atoms in total. The van der Waals surface area contributed by atoms with Gasteiger partial charge in [0, 0.05) is 30.7 Å². The number of benzene rings is 1. The van der Waals surface area contributed by atoms with Gasteiger partial charge in [0.15, 0.2) is 0 Å². The number of nitrogens with one attached hydrogen (secondary N) is 2. The van der Waals surface area contributed by atoms with Crippen molar-refractivity contribution in [1.82, 2.24) is 10.2 Å². The molecular formula is C16H21N3O2. The van der Waals surface area contributed by atoms with Crippen molar-refractivity contribution in [1.29, 1.82) is 0 Å². The molecule has 2 saturated heterocycles. The number of nitrogens with zero attached hydrogens (tertiary/aromatic N) is 1. The zero-order chi connectivity index (χ0) is 14.8. The quantitative estimate of drug-likeness (QED) is 0.880. The second-order valence-corrected chi connectivity index (χ2v) is 5.93. The number of fused-ring (bicyclic) bond motifs is 2. The van der Waals surface area contributed by atoms with Gasteiger partial charge >= 0.3 is 0 Å². The SMILES string of the molecule is Cc1ccccc1NC(=O)CN1C2CCC1CC(=O)NC2. The second-order valence-electron chi connectivity index (χ2n) is 5.93. The van der Waals surface area contributed by atoms with E-state index in [1.54, 1.807) is 0 Å². The van der Waals surface area contributed by atoms with Crippen LogP contribution in [0.4, 0.5) is 5.69 Å². The topological polar surface area (TPSA) is 61.4 Å². The normalized spacial score (nSPS) is 25.3. The fraction of sp³-hybridized carbons (Fsp3) is 0.500. The first-order valence-electron chi connectivity index (χ1n) is 7.51. The van der Waals surface area contributed by atoms with E-state index in [9.17, 15) is 9.59 Å². The Labute approximate surface area is 124 Å². The van der Waals surface area contributed by atoms with Crippen LogP contribution in [-0.4, -0.2) is 41.9 Å². The molecule has 21 heavy (non-hydrogen) atoms. The second kappa shape index (κ2) is 5.85. The molecule has 0 aliphatic carbocycles. The summed E-state index contributed by atoms with van der Waals surface area (Å²) in [6.07, 6.45) is 2.58. The van der Waals surface area contributed by atoms with Crippen LogP contribution in [0.3, 0.4) is 0 Å². The van der Waals surface area contributed by atoms with Gasteiger partial charge in [-0.2, -0.15) is 0 Å². The number of carbonyl (C=O) groups excluding carboxylic acids is 2. The van der Waals surface area contributed by atoms with Crippen molar-refractivity contribution in [3.8, 4) is 0 Å². The molecule has 2 N–H and O–H groups in total. The van der Waals surface area contributed by atoms with Gasteiger partial charge in [0.1, 0.15) is 0 Å². The Morgan fingerprint density at radius 3 is 2.90 bits per heavy atom. The van der Waals surface area contributed by atoms with E-state index in [4.69, 9.17) is 0 Å². The predicted octanol–water partition coefficient (Wildman–Crippen LogP) is 1.29. The average Bonchev–Trinajstić information content (AvgIpc) is 2.72. The van der Waals surface area contributed by atoms with Crippen LogP contribution in [0.2, 0.25) is 0 Å². The van der Waals surface area contributed by atoms with Crippen molar-refractivity contribution in [2.75, 3.05) is 18.4 Å². The van der Waals surface area contributed by atoms with Crippen LogP contribution in [0, 0.1) is 6.92 Å². The monoisotopic (exact) mass is 287 g/mol. The third-order valence-corrected chi connectivity index (χ3v) is 4.47. The lowest BCUT2D eigenvalue weighted by atomic mass is 10.1. The van der Waals surface area contributed by atoms with Crippen molar-refractivity contribution >= 4 is 17.5 Å². The molecule has 1 aromatic carbocycles. The van der Waals surface area contributed by atoms with Crippen LogP contribution < -0.4 is 10.6 Å². The molecule has 112 valence electrons. The van der Waals surface area contributed by atoms with Gasteiger partial charge in [0.2, 0.25) is 11.8 Å². The molecule has 5 heteroatoms. The number of hydrogen-bond donors (Lipinski definition) is 2. The van der Waals surface area contributed by atoms with Crippen molar-refractivity contribution in [3.05, 3.63) is 29.8 Å². The number of amides is 2. The van der Waals surface area contributed by atoms with Crippen LogP contribution >= 0.6 is 0 Å². The minimum absolute atomic E-state index is 0.00412. The first-order valence-corrected chi connectivity index (χ1v) is 7.51. The summed E-state index contributed by atoms with van der Waals surface area (Å²) in [5.41, 5.74) is 1.92. The maximum absolute atomic E-state index is 12.3. The average molecular weight is 287 g/mol. The van der Waals surface area contributed by atoms with Gasteiger partial charge in [0.05, 0.1) is 6.54 Å². The standard InChI is InChI=1S/C16H21N3O2/c1-11-4-2-3-5-14(11)18-16(21)10-19-12-6-7-13(19)9-17-15(20)8-12/h2-5,12-13H,6-10H2,1H3,(H,17,20)(H,18,21). The summed E-state index contributed by atoms with van der Waals surface area (Å²) in [5, 5.41) is 5.90. The zero-order valence-corrected chi connectivity index (χ0v) is 12.3. The van der Waals surface area contributed by atoms with Gasteiger partial charge in [-0.15, -0.1) is 0 Å². The number of carbonyl (C=O) groups is 2. The van der Waals surface area contributed by atoms with Gasteiger partial charge < -0.3 is 10.6 Å². The van der Waals surface area contributed by atoms with Gasteiger partial charge in [-0.1, -0.05) is 18.2 Å². The number of rotatable bonds is 3. The number of para-hydroxylation sites is 1. The van der Waals surface area contributed by atoms with Crippen LogP contribution in [0.25, 0.3) is 0 Å². The van der Waals surface area contributed by atoms with Crippen molar-refractivity contribution in [3.63, 3.8) is 0 Å². The molecule has 3 rings (SSSR count). The highest BCUT2D eigenvalue weighted by atomic mass is 16.2. The Balaban J connectivity index is 1.65. The maximum atomic E-state index is 12.3. The smallest absolute Gasteiger partial charge is 0.238 e. The van der Waals surface area contributed by atoms with Gasteiger partial charge in [-0.3, -0.25) is 14.5 Å². The molecule has 2 unspecified atom stereocenters. The molecule has 0 aromatic heterocycles. The zero-order valence-electron chi connectivity index (χ0n) is 12.3. The molecule has 2 atom stereocenters. The summed E-state index contributed by atoms with van der Waals surface area (Å²) in [6.45, 7) is 3.00. The van der Waals surface area contributed by atoms with Crippen LogP contribution in [-0.2, 0) is 9.59 Å². The lowest BCUT2D eigenvalue weighted by molar-refractivity contribution is -0.122. The number of aryl methyl sites for hydroxylation is 1. The van der Waals surface area contributed by atoms with Gasteiger partial charge in [0.25, 0.3) is 0 Å². The highest BCUT2D eigenvalue weighted by molar-refractivity contribution is 5.93. The highest BCUT2D eigenvalue weighted by Crippen LogP contribution is 2.28. The van der Waals surface area contributed by atoms with E-state index in [1.165, 1.54) is 0 Å². The summed E-state index contributed by atoms with van der Waals surface area (Å²) >= 11 is 0. The molecule has 2 amide bonds. The van der Waals surface area contributed by atoms with Crippen LogP contribution in [0.15, 0.2) is 24.3 Å². The molecule has 0 saturated carbocycles. The first-order chi connectivity index (χ1) is 10.1. The molecule has 0 spiro atoms. The lowest BCUT2D eigenvalue weighted by Gasteiger charge is -2.26.